The number of carbonyl (C=O) groups is 2. The number of nitrogens with one attached hydrogen (secondary N) is 1. The number of hydrogen-bond donors (Lipinski definition) is 1. The quantitative estimate of drug-likeness (QED) is 0.764. The smallest absolute Gasteiger partial charge is 0.243 e. The predicted octanol–water partition coefficient (Wildman–Crippen LogP) is 1.39. The Hall–Kier alpha value is -1.58. The molecule has 2 aliphatic rings. The third-order valence-electron chi connectivity index (χ3n) is 3.64. The van der Waals surface area contributed by atoms with Gasteiger partial charge in [-0.25, -0.2) is 0 Å². The van der Waals surface area contributed by atoms with Crippen molar-refractivity contribution >= 4 is 12.3 Å². The minimum absolute atomic E-state index is 0.0254. The van der Waals surface area contributed by atoms with Gasteiger partial charge in [-0.15, -0.1) is 0 Å². The van der Waals surface area contributed by atoms with Crippen LogP contribution in [0.15, 0.2) is 23.8 Å². The molecule has 0 radical (unpaired) electrons. The van der Waals surface area contributed by atoms with Crippen LogP contribution in [-0.4, -0.2) is 35.8 Å². The van der Waals surface area contributed by atoms with E-state index in [1.54, 1.807) is 4.90 Å². The molecular weight excluding hydrogens is 228 g/mol. The molecule has 0 saturated carbocycles. The van der Waals surface area contributed by atoms with Crippen molar-refractivity contribution in [2.24, 2.45) is 0 Å². The normalized spacial score (nSPS) is 26.9. The van der Waals surface area contributed by atoms with Crippen LogP contribution in [0.1, 0.15) is 32.6 Å². The number of likely N-dealkylation sites (tertiary alicyclic amines) is 1. The highest BCUT2D eigenvalue weighted by atomic mass is 16.2. The summed E-state index contributed by atoms with van der Waals surface area (Å²) in [5.74, 6) is -0.0254. The van der Waals surface area contributed by atoms with Crippen LogP contribution in [0.25, 0.3) is 0 Å². The molecule has 0 spiro atoms. The molecule has 1 N–H and O–H groups in total. The first kappa shape index (κ1) is 12.9. The monoisotopic (exact) mass is 248 g/mol. The largest absolute Gasteiger partial charge is 0.348 e. The molecule has 2 atom stereocenters. The summed E-state index contributed by atoms with van der Waals surface area (Å²) in [6, 6.07) is -0.200. The van der Waals surface area contributed by atoms with Crippen LogP contribution < -0.4 is 5.32 Å². The van der Waals surface area contributed by atoms with Crippen molar-refractivity contribution in [3.8, 4) is 0 Å². The second-order valence-corrected chi connectivity index (χ2v) is 4.84. The van der Waals surface area contributed by atoms with Gasteiger partial charge in [-0.05, 0) is 25.7 Å². The Kier molecular flexibility index (Phi) is 4.18. The Morgan fingerprint density at radius 3 is 3.06 bits per heavy atom. The first-order valence-corrected chi connectivity index (χ1v) is 6.63. The number of carbonyl (C=O) groups excluding carboxylic acids is 2. The lowest BCUT2D eigenvalue weighted by Gasteiger charge is -2.23. The molecule has 4 heteroatoms. The van der Waals surface area contributed by atoms with Crippen LogP contribution in [-0.2, 0) is 9.59 Å². The molecule has 0 aromatic rings. The Morgan fingerprint density at radius 2 is 2.44 bits per heavy atom. The molecule has 98 valence electrons. The topological polar surface area (TPSA) is 49.4 Å². The molecule has 2 rings (SSSR count). The van der Waals surface area contributed by atoms with Crippen molar-refractivity contribution in [3.05, 3.63) is 23.8 Å². The molecule has 0 aromatic carbocycles. The minimum Gasteiger partial charge on any atom is -0.348 e. The lowest BCUT2D eigenvalue weighted by Crippen LogP contribution is -2.46. The van der Waals surface area contributed by atoms with Gasteiger partial charge in [0.25, 0.3) is 0 Å². The standard InChI is InChI=1S/C14H20N2O2/c1-2-11-5-7-12(8-6-11)15-14(18)13-4-3-9-16(13)10-17/h5-7,10,12-13H,2-4,8-9H2,1H3,(H,15,18). The van der Waals surface area contributed by atoms with Gasteiger partial charge in [-0.3, -0.25) is 9.59 Å². The van der Waals surface area contributed by atoms with Crippen molar-refractivity contribution in [2.45, 2.75) is 44.7 Å². The molecule has 4 nitrogen and oxygen atoms in total. The van der Waals surface area contributed by atoms with Crippen LogP contribution in [0.4, 0.5) is 0 Å². The zero-order chi connectivity index (χ0) is 13.0. The van der Waals surface area contributed by atoms with E-state index >= 15 is 0 Å². The van der Waals surface area contributed by atoms with Crippen LogP contribution in [0.2, 0.25) is 0 Å². The fraction of sp³-hybridized carbons (Fsp3) is 0.571. The summed E-state index contributed by atoms with van der Waals surface area (Å²) in [5.41, 5.74) is 1.32. The first-order chi connectivity index (χ1) is 8.74. The number of hydrogen-bond acceptors (Lipinski definition) is 2. The highest BCUT2D eigenvalue weighted by Gasteiger charge is 2.30. The molecule has 18 heavy (non-hydrogen) atoms. The van der Waals surface area contributed by atoms with Gasteiger partial charge in [0, 0.05) is 6.54 Å². The predicted molar refractivity (Wildman–Crippen MR) is 69.9 cm³/mol. The van der Waals surface area contributed by atoms with E-state index in [-0.39, 0.29) is 18.0 Å². The van der Waals surface area contributed by atoms with E-state index in [2.05, 4.69) is 24.4 Å². The van der Waals surface area contributed by atoms with Gasteiger partial charge in [-0.1, -0.05) is 30.7 Å². The highest BCUT2D eigenvalue weighted by molar-refractivity contribution is 5.84. The van der Waals surface area contributed by atoms with Gasteiger partial charge >= 0.3 is 0 Å². The number of allylic oxidation sites excluding steroid dienone is 2. The molecule has 1 aliphatic carbocycles. The molecular formula is C14H20N2O2. The average molecular weight is 248 g/mol. The lowest BCUT2D eigenvalue weighted by atomic mass is 10.0. The molecule has 0 aromatic heterocycles. The maximum absolute atomic E-state index is 12.1. The summed E-state index contributed by atoms with van der Waals surface area (Å²) in [6.07, 6.45) is 10.6. The van der Waals surface area contributed by atoms with Gasteiger partial charge in [0.15, 0.2) is 0 Å². The Bertz CT molecular complexity index is 387. The summed E-state index contributed by atoms with van der Waals surface area (Å²) in [7, 11) is 0. The Labute approximate surface area is 108 Å². The van der Waals surface area contributed by atoms with E-state index in [0.717, 1.165) is 32.1 Å². The third-order valence-corrected chi connectivity index (χ3v) is 3.64. The number of nitrogens with zero attached hydrogens (tertiary/aromatic N) is 1. The zero-order valence-corrected chi connectivity index (χ0v) is 10.8. The lowest BCUT2D eigenvalue weighted by molar-refractivity contribution is -0.131. The molecule has 2 amide bonds. The molecule has 2 unspecified atom stereocenters. The second kappa shape index (κ2) is 5.85. The van der Waals surface area contributed by atoms with E-state index in [0.29, 0.717) is 6.54 Å². The fourth-order valence-corrected chi connectivity index (χ4v) is 2.51. The summed E-state index contributed by atoms with van der Waals surface area (Å²) in [4.78, 5) is 24.5. The molecule has 1 aliphatic heterocycles. The van der Waals surface area contributed by atoms with Gasteiger partial charge in [0.05, 0.1) is 6.04 Å². The van der Waals surface area contributed by atoms with E-state index in [9.17, 15) is 9.59 Å². The van der Waals surface area contributed by atoms with Crippen LogP contribution >= 0.6 is 0 Å². The molecule has 1 heterocycles. The van der Waals surface area contributed by atoms with Gasteiger partial charge < -0.3 is 10.2 Å². The van der Waals surface area contributed by atoms with E-state index in [1.807, 2.05) is 6.08 Å². The maximum atomic E-state index is 12.1. The van der Waals surface area contributed by atoms with Crippen LogP contribution in [0.3, 0.4) is 0 Å². The summed E-state index contributed by atoms with van der Waals surface area (Å²) in [6.45, 7) is 2.82. The van der Waals surface area contributed by atoms with Gasteiger partial charge in [-0.2, -0.15) is 0 Å². The average Bonchev–Trinajstić information content (AvgIpc) is 2.88. The summed E-state index contributed by atoms with van der Waals surface area (Å²) >= 11 is 0. The Balaban J connectivity index is 1.87. The van der Waals surface area contributed by atoms with Crippen molar-refractivity contribution in [1.82, 2.24) is 10.2 Å². The van der Waals surface area contributed by atoms with Gasteiger partial charge in [0.2, 0.25) is 12.3 Å². The molecule has 1 saturated heterocycles. The second-order valence-electron chi connectivity index (χ2n) is 4.84. The van der Waals surface area contributed by atoms with E-state index in [4.69, 9.17) is 0 Å². The summed E-state index contributed by atoms with van der Waals surface area (Å²) < 4.78 is 0. The Morgan fingerprint density at radius 1 is 1.61 bits per heavy atom. The van der Waals surface area contributed by atoms with Crippen molar-refractivity contribution in [3.63, 3.8) is 0 Å². The van der Waals surface area contributed by atoms with Crippen molar-refractivity contribution in [2.75, 3.05) is 6.54 Å². The zero-order valence-electron chi connectivity index (χ0n) is 10.8. The van der Waals surface area contributed by atoms with E-state index < -0.39 is 0 Å². The first-order valence-electron chi connectivity index (χ1n) is 6.63. The van der Waals surface area contributed by atoms with Gasteiger partial charge in [0.1, 0.15) is 6.04 Å². The summed E-state index contributed by atoms with van der Waals surface area (Å²) in [5, 5.41) is 3.00. The highest BCUT2D eigenvalue weighted by Crippen LogP contribution is 2.17. The van der Waals surface area contributed by atoms with E-state index in [1.165, 1.54) is 5.57 Å². The number of amides is 2. The third kappa shape index (κ3) is 2.81. The van der Waals surface area contributed by atoms with Crippen LogP contribution in [0, 0.1) is 0 Å². The molecule has 1 fully saturated rings. The SMILES string of the molecule is CCC1=CCC(NC(=O)C2CCCN2C=O)C=C1. The maximum Gasteiger partial charge on any atom is 0.243 e. The minimum atomic E-state index is -0.271. The van der Waals surface area contributed by atoms with Crippen molar-refractivity contribution in [1.29, 1.82) is 0 Å². The van der Waals surface area contributed by atoms with Crippen LogP contribution in [0.5, 0.6) is 0 Å². The van der Waals surface area contributed by atoms with Crippen molar-refractivity contribution < 1.29 is 9.59 Å². The molecule has 0 bridgehead atoms. The fourth-order valence-electron chi connectivity index (χ4n) is 2.51. The number of rotatable bonds is 4.